The van der Waals surface area contributed by atoms with Gasteiger partial charge in [-0.2, -0.15) is 0 Å². The average molecular weight is 125 g/mol. The molecule has 0 saturated heterocycles. The Hall–Kier alpha value is 3.26. The van der Waals surface area contributed by atoms with Crippen LogP contribution < -0.4 is 103 Å². The first-order valence-corrected chi connectivity index (χ1v) is 0.516. The van der Waals surface area contributed by atoms with Crippen molar-refractivity contribution < 1.29 is 116 Å². The van der Waals surface area contributed by atoms with Crippen molar-refractivity contribution in [2.75, 3.05) is 0 Å². The summed E-state index contributed by atoms with van der Waals surface area (Å²) in [7, 11) is 0. The first-order chi connectivity index (χ1) is 1.41. The Morgan fingerprint density at radius 1 is 1.20 bits per heavy atom. The van der Waals surface area contributed by atoms with E-state index in [0.29, 0.717) is 0 Å². The summed E-state index contributed by atoms with van der Waals surface area (Å²) in [5.74, 6) is 0. The van der Waals surface area contributed by atoms with Gasteiger partial charge in [-0.05, 0) is 0 Å². The summed E-state index contributed by atoms with van der Waals surface area (Å²) in [6.45, 7) is 0. The Labute approximate surface area is 120 Å². The van der Waals surface area contributed by atoms with Gasteiger partial charge in [0.05, 0.1) is 0 Å². The van der Waals surface area contributed by atoms with Gasteiger partial charge in [0.1, 0.15) is 0 Å². The summed E-state index contributed by atoms with van der Waals surface area (Å²) in [6.07, 6.45) is 0. The van der Waals surface area contributed by atoms with E-state index in [1.807, 2.05) is 0 Å². The molecule has 21 valence electrons. The normalized spacial score (nSPS) is 2.80. The fourth-order valence-electron chi connectivity index (χ4n) is 0. The molecule has 0 aromatic rings. The van der Waals surface area contributed by atoms with E-state index >= 15 is 0 Å². The molecule has 0 aliphatic carbocycles. The van der Waals surface area contributed by atoms with Gasteiger partial charge in [0.15, 0.2) is 0 Å². The molecule has 0 aliphatic rings. The van der Waals surface area contributed by atoms with Crippen LogP contribution in [0.3, 0.4) is 0 Å². The van der Waals surface area contributed by atoms with E-state index in [9.17, 15) is 0 Å². The summed E-state index contributed by atoms with van der Waals surface area (Å²) in [6, 6.07) is 0. The van der Waals surface area contributed by atoms with Gasteiger partial charge in [0.2, 0.25) is 0 Å². The molecule has 0 spiro atoms. The molecule has 0 aromatic carbocycles. The molecule has 5 heavy (non-hydrogen) atoms. The quantitative estimate of drug-likeness (QED) is 0.316. The van der Waals surface area contributed by atoms with Crippen LogP contribution in [-0.2, 0) is 0 Å². The van der Waals surface area contributed by atoms with Gasteiger partial charge in [0, 0.05) is 0 Å². The minimum atomic E-state index is 0. The Bertz CT molecular complexity index is 13.7. The molecule has 0 saturated carbocycles. The SMILES string of the molecule is O[B]O.[H-].[H-].[K+].[K+]. The van der Waals surface area contributed by atoms with Crippen molar-refractivity contribution >= 4 is 7.69 Å². The molecule has 5 heteroatoms. The minimum Gasteiger partial charge on any atom is -1.00 e. The summed E-state index contributed by atoms with van der Waals surface area (Å²) >= 11 is 0. The van der Waals surface area contributed by atoms with E-state index in [1.165, 1.54) is 0 Å². The van der Waals surface area contributed by atoms with E-state index in [1.54, 1.807) is 0 Å². The van der Waals surface area contributed by atoms with Gasteiger partial charge in [-0.25, -0.2) is 0 Å². The van der Waals surface area contributed by atoms with Crippen molar-refractivity contribution in [3.63, 3.8) is 0 Å². The number of hydrogen-bond acceptors (Lipinski definition) is 2. The monoisotopic (exact) mass is 125 g/mol. The second-order valence-corrected chi connectivity index (χ2v) is 0.115. The fraction of sp³-hybridized carbons (Fsp3) is 0. The van der Waals surface area contributed by atoms with E-state index < -0.39 is 0 Å². The Morgan fingerprint density at radius 3 is 1.20 bits per heavy atom. The molecule has 0 fully saturated rings. The molecule has 0 rings (SSSR count). The molecule has 0 aliphatic heterocycles. The second-order valence-electron chi connectivity index (χ2n) is 0.115. The third-order valence-corrected chi connectivity index (χ3v) is 0. The molecule has 0 bridgehead atoms. The zero-order chi connectivity index (χ0) is 2.71. The first kappa shape index (κ1) is 15.7. The van der Waals surface area contributed by atoms with Crippen LogP contribution in [0.4, 0.5) is 0 Å². The van der Waals surface area contributed by atoms with Crippen LogP contribution in [0.25, 0.3) is 0 Å². The van der Waals surface area contributed by atoms with Crippen molar-refractivity contribution in [1.29, 1.82) is 0 Å². The van der Waals surface area contributed by atoms with Gasteiger partial charge in [0.25, 0.3) is 0 Å². The van der Waals surface area contributed by atoms with Crippen LogP contribution in [0.1, 0.15) is 2.85 Å². The van der Waals surface area contributed by atoms with E-state index in [4.69, 9.17) is 10.0 Å². The van der Waals surface area contributed by atoms with E-state index in [0.717, 1.165) is 0 Å². The van der Waals surface area contributed by atoms with Crippen LogP contribution in [0.5, 0.6) is 0 Å². The van der Waals surface area contributed by atoms with E-state index in [2.05, 4.69) is 0 Å². The van der Waals surface area contributed by atoms with Crippen molar-refractivity contribution in [1.82, 2.24) is 0 Å². The average Bonchev–Trinajstić information content (AvgIpc) is 0.918. The van der Waals surface area contributed by atoms with Crippen LogP contribution in [0.2, 0.25) is 0 Å². The standard InChI is InChI=1S/BH2O2.2K.2H/c2-1-3;;;;/h2-3H;;;;/q;2*+1;2*-1. The van der Waals surface area contributed by atoms with Gasteiger partial charge in [-0.3, -0.25) is 0 Å². The smallest absolute Gasteiger partial charge is 1.00 e. The summed E-state index contributed by atoms with van der Waals surface area (Å²) in [4.78, 5) is 0. The maximum absolute atomic E-state index is 7.00. The largest absolute Gasteiger partial charge is 1.00 e. The molecular weight excluding hydrogens is 121 g/mol. The zero-order valence-electron chi connectivity index (χ0n) is 5.47. The molecule has 2 N–H and O–H groups in total. The second kappa shape index (κ2) is 15.7. The Kier molecular flexibility index (Phi) is 49.3. The van der Waals surface area contributed by atoms with Crippen molar-refractivity contribution in [3.05, 3.63) is 0 Å². The van der Waals surface area contributed by atoms with Crippen molar-refractivity contribution in [2.45, 2.75) is 0 Å². The predicted octanol–water partition coefficient (Wildman–Crippen LogP) is -7.26. The summed E-state index contributed by atoms with van der Waals surface area (Å²) < 4.78 is 0. The molecule has 0 atom stereocenters. The zero-order valence-corrected chi connectivity index (χ0v) is 9.72. The molecule has 0 unspecified atom stereocenters. The number of hydrogen-bond donors (Lipinski definition) is 2. The van der Waals surface area contributed by atoms with Crippen LogP contribution in [0, 0.1) is 0 Å². The van der Waals surface area contributed by atoms with Gasteiger partial charge in [-0.1, -0.05) is 0 Å². The number of rotatable bonds is 0. The molecule has 0 aromatic heterocycles. The summed E-state index contributed by atoms with van der Waals surface area (Å²) in [5.41, 5.74) is 0. The van der Waals surface area contributed by atoms with Gasteiger partial charge in [-0.15, -0.1) is 0 Å². The maximum atomic E-state index is 7.00. The van der Waals surface area contributed by atoms with Gasteiger partial charge < -0.3 is 12.9 Å². The minimum absolute atomic E-state index is 0. The maximum Gasteiger partial charge on any atom is 1.00 e. The molecule has 0 amide bonds. The van der Waals surface area contributed by atoms with Crippen LogP contribution >= 0.6 is 0 Å². The van der Waals surface area contributed by atoms with Crippen LogP contribution in [0.15, 0.2) is 0 Å². The third kappa shape index (κ3) is 18.9. The van der Waals surface area contributed by atoms with E-state index in [-0.39, 0.29) is 113 Å². The Balaban J connectivity index is -0.00000000333. The van der Waals surface area contributed by atoms with Crippen molar-refractivity contribution in [3.8, 4) is 0 Å². The molecule has 1 radical (unpaired) electrons. The summed E-state index contributed by atoms with van der Waals surface area (Å²) in [5, 5.41) is 14.0. The van der Waals surface area contributed by atoms with Crippen molar-refractivity contribution in [2.24, 2.45) is 0 Å². The predicted molar refractivity (Wildman–Crippen MR) is 12.4 cm³/mol. The fourth-order valence-corrected chi connectivity index (χ4v) is 0. The van der Waals surface area contributed by atoms with Gasteiger partial charge >= 0.3 is 110 Å². The topological polar surface area (TPSA) is 40.5 Å². The first-order valence-electron chi connectivity index (χ1n) is 0.516. The third-order valence-electron chi connectivity index (χ3n) is 0. The Morgan fingerprint density at radius 2 is 1.20 bits per heavy atom. The molecular formula is H4BK2O2. The molecule has 0 heterocycles. The molecule has 2 nitrogen and oxygen atoms in total. The van der Waals surface area contributed by atoms with Crippen LogP contribution in [-0.4, -0.2) is 17.7 Å².